The van der Waals surface area contributed by atoms with E-state index in [0.717, 1.165) is 36.4 Å². The van der Waals surface area contributed by atoms with Crippen LogP contribution in [0.5, 0.6) is 5.75 Å². The topological polar surface area (TPSA) is 64.9 Å². The standard InChI is InChI=1S/C24H30F3N3O3S/c1-23(2,3)20-14-30(13-17-5-4-10-32-17)22(34-20)29-21(31)18-11-15(24(25,26)27)6-7-19(18)33-16-8-9-28-12-16/h6-7,11,14,16-17,28H,4-5,8-10,12-13H2,1-3H3/t16-,17+/m0/s1. The van der Waals surface area contributed by atoms with Crippen LogP contribution in [-0.2, 0) is 22.9 Å². The van der Waals surface area contributed by atoms with E-state index >= 15 is 0 Å². The van der Waals surface area contributed by atoms with Gasteiger partial charge in [-0.05, 0) is 49.4 Å². The van der Waals surface area contributed by atoms with Gasteiger partial charge in [0.15, 0.2) is 4.80 Å². The minimum atomic E-state index is -4.58. The third kappa shape index (κ3) is 5.90. The number of halogens is 3. The monoisotopic (exact) mass is 497 g/mol. The first-order chi connectivity index (χ1) is 16.0. The number of nitrogens with zero attached hydrogens (tertiary/aromatic N) is 2. The average molecular weight is 498 g/mol. The zero-order valence-corrected chi connectivity index (χ0v) is 20.4. The fraction of sp³-hybridized carbons (Fsp3) is 0.583. The zero-order valence-electron chi connectivity index (χ0n) is 19.6. The number of carbonyl (C=O) groups is 1. The second-order valence-corrected chi connectivity index (χ2v) is 10.8. The molecule has 2 aliphatic heterocycles. The highest BCUT2D eigenvalue weighted by atomic mass is 32.1. The van der Waals surface area contributed by atoms with Crippen molar-refractivity contribution in [3.63, 3.8) is 0 Å². The lowest BCUT2D eigenvalue weighted by atomic mass is 9.95. The first-order valence-corrected chi connectivity index (χ1v) is 12.3. The Labute approximate surface area is 200 Å². The normalized spacial score (nSPS) is 21.9. The fourth-order valence-electron chi connectivity index (χ4n) is 3.98. The summed E-state index contributed by atoms with van der Waals surface area (Å²) in [5, 5.41) is 3.15. The van der Waals surface area contributed by atoms with E-state index in [0.29, 0.717) is 30.9 Å². The van der Waals surface area contributed by atoms with Gasteiger partial charge >= 0.3 is 6.18 Å². The Balaban J connectivity index is 1.73. The van der Waals surface area contributed by atoms with E-state index in [-0.39, 0.29) is 28.9 Å². The number of hydrogen-bond acceptors (Lipinski definition) is 5. The van der Waals surface area contributed by atoms with Gasteiger partial charge in [0.2, 0.25) is 0 Å². The summed E-state index contributed by atoms with van der Waals surface area (Å²) in [5.74, 6) is -0.635. The van der Waals surface area contributed by atoms with Gasteiger partial charge in [-0.25, -0.2) is 0 Å². The molecule has 10 heteroatoms. The largest absolute Gasteiger partial charge is 0.488 e. The molecule has 1 amide bonds. The van der Waals surface area contributed by atoms with E-state index in [1.165, 1.54) is 17.4 Å². The van der Waals surface area contributed by atoms with Crippen LogP contribution in [0.25, 0.3) is 0 Å². The highest BCUT2D eigenvalue weighted by molar-refractivity contribution is 7.09. The van der Waals surface area contributed by atoms with E-state index in [4.69, 9.17) is 9.47 Å². The van der Waals surface area contributed by atoms with Gasteiger partial charge in [-0.2, -0.15) is 18.2 Å². The quantitative estimate of drug-likeness (QED) is 0.660. The molecule has 2 fully saturated rings. The molecule has 186 valence electrons. The third-order valence-corrected chi connectivity index (χ3v) is 7.37. The van der Waals surface area contributed by atoms with Crippen molar-refractivity contribution in [1.29, 1.82) is 0 Å². The molecule has 1 N–H and O–H groups in total. The lowest BCUT2D eigenvalue weighted by Gasteiger charge is -2.16. The van der Waals surface area contributed by atoms with Gasteiger partial charge in [-0.1, -0.05) is 20.8 Å². The van der Waals surface area contributed by atoms with Gasteiger partial charge in [0.25, 0.3) is 5.91 Å². The summed E-state index contributed by atoms with van der Waals surface area (Å²) in [5.41, 5.74) is -1.26. The molecule has 0 radical (unpaired) electrons. The number of ether oxygens (including phenoxy) is 2. The number of thiazole rings is 1. The van der Waals surface area contributed by atoms with Crippen molar-refractivity contribution in [2.24, 2.45) is 4.99 Å². The molecule has 34 heavy (non-hydrogen) atoms. The second-order valence-electron chi connectivity index (χ2n) is 9.77. The second kappa shape index (κ2) is 9.83. The molecule has 0 bridgehead atoms. The summed E-state index contributed by atoms with van der Waals surface area (Å²) in [6.07, 6.45) is -0.180. The van der Waals surface area contributed by atoms with Crippen molar-refractivity contribution in [2.75, 3.05) is 19.7 Å². The lowest BCUT2D eigenvalue weighted by molar-refractivity contribution is -0.137. The number of aromatic nitrogens is 1. The summed E-state index contributed by atoms with van der Waals surface area (Å²) in [7, 11) is 0. The minimum Gasteiger partial charge on any atom is -0.488 e. The van der Waals surface area contributed by atoms with E-state index in [9.17, 15) is 18.0 Å². The minimum absolute atomic E-state index is 0.0267. The first kappa shape index (κ1) is 24.9. The number of alkyl halides is 3. The summed E-state index contributed by atoms with van der Waals surface area (Å²) in [6, 6.07) is 3.00. The molecule has 0 saturated carbocycles. The van der Waals surface area contributed by atoms with Crippen LogP contribution in [0.1, 0.15) is 60.8 Å². The first-order valence-electron chi connectivity index (χ1n) is 11.5. The molecule has 2 atom stereocenters. The van der Waals surface area contributed by atoms with Crippen LogP contribution in [0.15, 0.2) is 29.4 Å². The Kier molecular flexibility index (Phi) is 7.21. The Hall–Kier alpha value is -2.17. The summed E-state index contributed by atoms with van der Waals surface area (Å²) >= 11 is 1.37. The van der Waals surface area contributed by atoms with Gasteiger partial charge in [0, 0.05) is 24.2 Å². The van der Waals surface area contributed by atoms with Gasteiger partial charge in [0.1, 0.15) is 11.9 Å². The number of amides is 1. The molecule has 2 aliphatic rings. The van der Waals surface area contributed by atoms with Crippen LogP contribution in [-0.4, -0.2) is 42.4 Å². The Morgan fingerprint density at radius 3 is 2.71 bits per heavy atom. The van der Waals surface area contributed by atoms with Gasteiger partial charge in [-0.3, -0.25) is 4.79 Å². The van der Waals surface area contributed by atoms with Crippen LogP contribution < -0.4 is 14.9 Å². The van der Waals surface area contributed by atoms with Crippen molar-refractivity contribution in [2.45, 2.75) is 70.4 Å². The Morgan fingerprint density at radius 1 is 1.29 bits per heavy atom. The summed E-state index contributed by atoms with van der Waals surface area (Å²) < 4.78 is 53.8. The molecule has 4 rings (SSSR count). The molecule has 6 nitrogen and oxygen atoms in total. The number of rotatable bonds is 5. The number of carbonyl (C=O) groups excluding carboxylic acids is 1. The highest BCUT2D eigenvalue weighted by Gasteiger charge is 2.33. The molecule has 0 spiro atoms. The van der Waals surface area contributed by atoms with Crippen LogP contribution in [0.3, 0.4) is 0 Å². The molecule has 3 heterocycles. The molecule has 1 aromatic carbocycles. The average Bonchev–Trinajstić information content (AvgIpc) is 3.51. The van der Waals surface area contributed by atoms with Crippen molar-refractivity contribution in [3.05, 3.63) is 45.2 Å². The molecular weight excluding hydrogens is 467 g/mol. The number of hydrogen-bond donors (Lipinski definition) is 1. The van der Waals surface area contributed by atoms with Crippen molar-refractivity contribution in [1.82, 2.24) is 9.88 Å². The van der Waals surface area contributed by atoms with Crippen LogP contribution in [0.4, 0.5) is 13.2 Å². The molecule has 2 saturated heterocycles. The SMILES string of the molecule is CC(C)(C)c1cn(C[C@H]2CCCO2)c(=NC(=O)c2cc(C(F)(F)F)ccc2O[C@H]2CCNC2)s1. The van der Waals surface area contributed by atoms with Crippen LogP contribution in [0, 0.1) is 0 Å². The van der Waals surface area contributed by atoms with E-state index in [1.54, 1.807) is 0 Å². The lowest BCUT2D eigenvalue weighted by Crippen LogP contribution is -2.24. The van der Waals surface area contributed by atoms with Gasteiger partial charge < -0.3 is 19.4 Å². The zero-order chi connectivity index (χ0) is 24.5. The molecule has 1 aromatic heterocycles. The van der Waals surface area contributed by atoms with Crippen LogP contribution >= 0.6 is 11.3 Å². The predicted octanol–water partition coefficient (Wildman–Crippen LogP) is 4.53. The van der Waals surface area contributed by atoms with Crippen molar-refractivity contribution in [3.8, 4) is 5.75 Å². The highest BCUT2D eigenvalue weighted by Crippen LogP contribution is 2.33. The Bertz CT molecular complexity index is 1090. The van der Waals surface area contributed by atoms with Crippen molar-refractivity contribution >= 4 is 17.2 Å². The molecule has 0 aliphatic carbocycles. The smallest absolute Gasteiger partial charge is 0.416 e. The van der Waals surface area contributed by atoms with E-state index < -0.39 is 17.6 Å². The molecule has 0 unspecified atom stereocenters. The number of benzene rings is 1. The van der Waals surface area contributed by atoms with Crippen molar-refractivity contribution < 1.29 is 27.4 Å². The maximum absolute atomic E-state index is 13.4. The molecular formula is C24H30F3N3O3S. The predicted molar refractivity (Wildman–Crippen MR) is 123 cm³/mol. The molecule has 2 aromatic rings. The van der Waals surface area contributed by atoms with Crippen LogP contribution in [0.2, 0.25) is 0 Å². The summed E-state index contributed by atoms with van der Waals surface area (Å²) in [6.45, 7) is 8.77. The van der Waals surface area contributed by atoms with E-state index in [1.807, 2.05) is 10.8 Å². The maximum atomic E-state index is 13.4. The summed E-state index contributed by atoms with van der Waals surface area (Å²) in [4.78, 5) is 19.0. The van der Waals surface area contributed by atoms with Gasteiger partial charge in [0.05, 0.1) is 23.8 Å². The Morgan fingerprint density at radius 2 is 2.09 bits per heavy atom. The fourth-order valence-corrected chi connectivity index (χ4v) is 5.04. The number of nitrogens with one attached hydrogen (secondary N) is 1. The maximum Gasteiger partial charge on any atom is 0.416 e. The van der Waals surface area contributed by atoms with E-state index in [2.05, 4.69) is 31.1 Å². The van der Waals surface area contributed by atoms with Gasteiger partial charge in [-0.15, -0.1) is 11.3 Å². The third-order valence-electron chi connectivity index (χ3n) is 5.93.